The standard InChI is InChI=1S/C24H24N2O8S/c1-4-32-20-11-17(7-10-19(20)33-14-16-5-8-18(9-6-16)26(30)31)12-21-23(28)25(24(29)35-21)13-22(27)34-15(2)3/h5-12,15H,4,13-14H2,1-3H3/b21-12+. The summed E-state index contributed by atoms with van der Waals surface area (Å²) in [6, 6.07) is 11.1. The number of non-ortho nitro benzene ring substituents is 1. The lowest BCUT2D eigenvalue weighted by molar-refractivity contribution is -0.384. The molecule has 2 aromatic carbocycles. The molecule has 11 heteroatoms. The highest BCUT2D eigenvalue weighted by Gasteiger charge is 2.36. The molecule has 1 heterocycles. The van der Waals surface area contributed by atoms with Gasteiger partial charge in [-0.3, -0.25) is 29.4 Å². The lowest BCUT2D eigenvalue weighted by atomic mass is 10.1. The number of benzene rings is 2. The third kappa shape index (κ3) is 6.82. The van der Waals surface area contributed by atoms with Crippen molar-refractivity contribution < 1.29 is 33.5 Å². The summed E-state index contributed by atoms with van der Waals surface area (Å²) in [5.74, 6) is -0.344. The summed E-state index contributed by atoms with van der Waals surface area (Å²) in [5.41, 5.74) is 1.34. The molecule has 0 aromatic heterocycles. The van der Waals surface area contributed by atoms with Gasteiger partial charge in [-0.2, -0.15) is 0 Å². The van der Waals surface area contributed by atoms with Crippen molar-refractivity contribution in [3.05, 3.63) is 68.6 Å². The minimum atomic E-state index is -0.656. The van der Waals surface area contributed by atoms with E-state index in [1.165, 1.54) is 12.1 Å². The number of rotatable bonds is 10. The van der Waals surface area contributed by atoms with Gasteiger partial charge in [0.25, 0.3) is 16.8 Å². The predicted octanol–water partition coefficient (Wildman–Crippen LogP) is 4.56. The van der Waals surface area contributed by atoms with E-state index in [2.05, 4.69) is 0 Å². The van der Waals surface area contributed by atoms with Crippen molar-refractivity contribution in [1.82, 2.24) is 4.90 Å². The van der Waals surface area contributed by atoms with Crippen molar-refractivity contribution in [2.24, 2.45) is 0 Å². The summed E-state index contributed by atoms with van der Waals surface area (Å²) in [6.45, 7) is 5.27. The third-order valence-corrected chi connectivity index (χ3v) is 5.54. The van der Waals surface area contributed by atoms with E-state index in [0.29, 0.717) is 23.7 Å². The van der Waals surface area contributed by atoms with Gasteiger partial charge in [-0.05, 0) is 74.0 Å². The molecular weight excluding hydrogens is 476 g/mol. The molecule has 10 nitrogen and oxygen atoms in total. The quantitative estimate of drug-likeness (QED) is 0.200. The molecule has 0 N–H and O–H groups in total. The topological polar surface area (TPSA) is 125 Å². The molecule has 0 bridgehead atoms. The maximum atomic E-state index is 12.7. The van der Waals surface area contributed by atoms with Crippen LogP contribution in [0.2, 0.25) is 0 Å². The molecule has 0 spiro atoms. The summed E-state index contributed by atoms with van der Waals surface area (Å²) >= 11 is 0.742. The molecular formula is C24H24N2O8S. The molecule has 35 heavy (non-hydrogen) atoms. The van der Waals surface area contributed by atoms with E-state index in [1.54, 1.807) is 50.3 Å². The maximum Gasteiger partial charge on any atom is 0.326 e. The Morgan fingerprint density at radius 3 is 2.46 bits per heavy atom. The van der Waals surface area contributed by atoms with E-state index in [-0.39, 0.29) is 23.3 Å². The van der Waals surface area contributed by atoms with E-state index in [1.807, 2.05) is 6.92 Å². The Balaban J connectivity index is 1.73. The van der Waals surface area contributed by atoms with Crippen LogP contribution in [-0.4, -0.2) is 46.2 Å². The van der Waals surface area contributed by atoms with Crippen molar-refractivity contribution in [3.63, 3.8) is 0 Å². The minimum absolute atomic E-state index is 0.00524. The lowest BCUT2D eigenvalue weighted by Crippen LogP contribution is -2.35. The van der Waals surface area contributed by atoms with Crippen LogP contribution in [-0.2, 0) is 20.9 Å². The highest BCUT2D eigenvalue weighted by molar-refractivity contribution is 8.18. The van der Waals surface area contributed by atoms with Crippen LogP contribution >= 0.6 is 11.8 Å². The van der Waals surface area contributed by atoms with Gasteiger partial charge < -0.3 is 14.2 Å². The lowest BCUT2D eigenvalue weighted by Gasteiger charge is -2.13. The zero-order valence-electron chi connectivity index (χ0n) is 19.4. The van der Waals surface area contributed by atoms with E-state index < -0.39 is 28.6 Å². The average molecular weight is 501 g/mol. The SMILES string of the molecule is CCOc1cc(/C=C2/SC(=O)N(CC(=O)OC(C)C)C2=O)ccc1OCc1ccc([N+](=O)[O-])cc1. The molecule has 0 radical (unpaired) electrons. The fraction of sp³-hybridized carbons (Fsp3) is 0.292. The Hall–Kier alpha value is -3.86. The second-order valence-corrected chi connectivity index (χ2v) is 8.65. The molecule has 0 aliphatic carbocycles. The monoisotopic (exact) mass is 500 g/mol. The highest BCUT2D eigenvalue weighted by atomic mass is 32.2. The molecule has 184 valence electrons. The van der Waals surface area contributed by atoms with Crippen LogP contribution in [0.1, 0.15) is 31.9 Å². The number of esters is 1. The number of hydrogen-bond donors (Lipinski definition) is 0. The fourth-order valence-electron chi connectivity index (χ4n) is 3.09. The molecule has 3 rings (SSSR count). The van der Waals surface area contributed by atoms with Crippen LogP contribution in [0.4, 0.5) is 10.5 Å². The maximum absolute atomic E-state index is 12.7. The Labute approximate surface area is 206 Å². The summed E-state index contributed by atoms with van der Waals surface area (Å²) in [5, 5.41) is 10.2. The molecule has 0 saturated carbocycles. The predicted molar refractivity (Wildman–Crippen MR) is 129 cm³/mol. The molecule has 0 atom stereocenters. The zero-order valence-corrected chi connectivity index (χ0v) is 20.2. The number of carbonyl (C=O) groups is 3. The minimum Gasteiger partial charge on any atom is -0.490 e. The number of nitro groups is 1. The van der Waals surface area contributed by atoms with Crippen LogP contribution < -0.4 is 9.47 Å². The van der Waals surface area contributed by atoms with Crippen molar-refractivity contribution >= 4 is 40.6 Å². The van der Waals surface area contributed by atoms with Crippen LogP contribution in [0.15, 0.2) is 47.4 Å². The van der Waals surface area contributed by atoms with Gasteiger partial charge >= 0.3 is 5.97 Å². The first-order valence-electron chi connectivity index (χ1n) is 10.8. The van der Waals surface area contributed by atoms with Crippen molar-refractivity contribution in [2.45, 2.75) is 33.5 Å². The average Bonchev–Trinajstić information content (AvgIpc) is 3.05. The molecule has 1 aliphatic rings. The van der Waals surface area contributed by atoms with Gasteiger partial charge in [0.2, 0.25) is 0 Å². The molecule has 0 unspecified atom stereocenters. The Bertz CT molecular complexity index is 1160. The highest BCUT2D eigenvalue weighted by Crippen LogP contribution is 2.35. The van der Waals surface area contributed by atoms with Gasteiger partial charge in [0.15, 0.2) is 11.5 Å². The third-order valence-electron chi connectivity index (χ3n) is 4.63. The number of carbonyl (C=O) groups excluding carboxylic acids is 3. The molecule has 1 saturated heterocycles. The first-order chi connectivity index (χ1) is 16.7. The normalized spacial score (nSPS) is 14.5. The Kier molecular flexibility index (Phi) is 8.48. The van der Waals surface area contributed by atoms with E-state index in [9.17, 15) is 24.5 Å². The zero-order chi connectivity index (χ0) is 25.5. The number of ether oxygens (including phenoxy) is 3. The van der Waals surface area contributed by atoms with Crippen LogP contribution in [0, 0.1) is 10.1 Å². The van der Waals surface area contributed by atoms with Crippen molar-refractivity contribution in [3.8, 4) is 11.5 Å². The first kappa shape index (κ1) is 25.8. The molecule has 2 amide bonds. The fourth-order valence-corrected chi connectivity index (χ4v) is 3.93. The summed E-state index contributed by atoms with van der Waals surface area (Å²) in [7, 11) is 0. The summed E-state index contributed by atoms with van der Waals surface area (Å²) in [6.07, 6.45) is 1.19. The molecule has 1 aliphatic heterocycles. The van der Waals surface area contributed by atoms with Gasteiger partial charge in [0.05, 0.1) is 22.5 Å². The Morgan fingerprint density at radius 1 is 1.11 bits per heavy atom. The van der Waals surface area contributed by atoms with E-state index >= 15 is 0 Å². The number of thioether (sulfide) groups is 1. The van der Waals surface area contributed by atoms with Gasteiger partial charge in [-0.25, -0.2) is 0 Å². The van der Waals surface area contributed by atoms with Crippen molar-refractivity contribution in [2.75, 3.05) is 13.2 Å². The first-order valence-corrected chi connectivity index (χ1v) is 11.6. The molecule has 1 fully saturated rings. The van der Waals surface area contributed by atoms with Gasteiger partial charge in [-0.1, -0.05) is 6.07 Å². The smallest absolute Gasteiger partial charge is 0.326 e. The van der Waals surface area contributed by atoms with Gasteiger partial charge in [-0.15, -0.1) is 0 Å². The van der Waals surface area contributed by atoms with Gasteiger partial charge in [0.1, 0.15) is 13.2 Å². The Morgan fingerprint density at radius 2 is 1.83 bits per heavy atom. The van der Waals surface area contributed by atoms with E-state index in [0.717, 1.165) is 22.2 Å². The van der Waals surface area contributed by atoms with Crippen molar-refractivity contribution in [1.29, 1.82) is 0 Å². The number of nitro benzene ring substituents is 1. The molecule has 2 aromatic rings. The van der Waals surface area contributed by atoms with Crippen LogP contribution in [0.3, 0.4) is 0 Å². The number of nitrogens with zero attached hydrogens (tertiary/aromatic N) is 2. The van der Waals surface area contributed by atoms with E-state index in [4.69, 9.17) is 14.2 Å². The van der Waals surface area contributed by atoms with Crippen LogP contribution in [0.25, 0.3) is 6.08 Å². The number of imide groups is 1. The second kappa shape index (κ2) is 11.5. The summed E-state index contributed by atoms with van der Waals surface area (Å²) < 4.78 is 16.5. The summed E-state index contributed by atoms with van der Waals surface area (Å²) in [4.78, 5) is 48.1. The number of hydrogen-bond acceptors (Lipinski definition) is 9. The second-order valence-electron chi connectivity index (χ2n) is 7.66. The van der Waals surface area contributed by atoms with Gasteiger partial charge in [0, 0.05) is 12.1 Å². The van der Waals surface area contributed by atoms with Crippen LogP contribution in [0.5, 0.6) is 11.5 Å². The number of amides is 2. The largest absolute Gasteiger partial charge is 0.490 e.